The van der Waals surface area contributed by atoms with Crippen LogP contribution in [0.15, 0.2) is 89.8 Å². The maximum Gasteiger partial charge on any atom is 0.410 e. The minimum Gasteiger partial charge on any atom is -0.445 e. The molecule has 0 aliphatic carbocycles. The summed E-state index contributed by atoms with van der Waals surface area (Å²) in [5.41, 5.74) is 7.31. The number of carbonyl (C=O) groups is 2. The van der Waals surface area contributed by atoms with Crippen molar-refractivity contribution in [3.63, 3.8) is 0 Å². The van der Waals surface area contributed by atoms with Crippen LogP contribution in [0.5, 0.6) is 0 Å². The summed E-state index contributed by atoms with van der Waals surface area (Å²) in [7, 11) is -2.05. The van der Waals surface area contributed by atoms with Gasteiger partial charge < -0.3 is 15.4 Å². The lowest BCUT2D eigenvalue weighted by atomic mass is 9.94. The van der Waals surface area contributed by atoms with Gasteiger partial charge in [0.2, 0.25) is 15.9 Å². The molecule has 2 N–H and O–H groups in total. The molecule has 12 heteroatoms. The Morgan fingerprint density at radius 1 is 1.00 bits per heavy atom. The van der Waals surface area contributed by atoms with E-state index >= 15 is 0 Å². The van der Waals surface area contributed by atoms with Crippen molar-refractivity contribution in [1.29, 1.82) is 0 Å². The molecular formula is C32H40Cl2N4O5S. The molecule has 0 unspecified atom stereocenters. The number of primary amides is 1. The van der Waals surface area contributed by atoms with Crippen molar-refractivity contribution in [2.24, 2.45) is 5.73 Å². The Bertz CT molecular complexity index is 1460. The average Bonchev–Trinajstić information content (AvgIpc) is 3.01. The van der Waals surface area contributed by atoms with Gasteiger partial charge in [-0.05, 0) is 67.1 Å². The molecule has 3 aromatic carbocycles. The van der Waals surface area contributed by atoms with Crippen molar-refractivity contribution in [2.45, 2.75) is 42.7 Å². The van der Waals surface area contributed by atoms with Crippen LogP contribution in [0.3, 0.4) is 0 Å². The van der Waals surface area contributed by atoms with E-state index in [0.717, 1.165) is 17.7 Å². The molecule has 1 heterocycles. The Hall–Kier alpha value is -3.15. The number of rotatable bonds is 13. The lowest BCUT2D eigenvalue weighted by Crippen LogP contribution is -2.50. The third-order valence-electron chi connectivity index (χ3n) is 7.81. The fourth-order valence-electron chi connectivity index (χ4n) is 5.41. The monoisotopic (exact) mass is 662 g/mol. The highest BCUT2D eigenvalue weighted by Gasteiger charge is 2.31. The van der Waals surface area contributed by atoms with Crippen molar-refractivity contribution in [3.8, 4) is 0 Å². The number of nitrogens with zero attached hydrogens (tertiary/aromatic N) is 3. The van der Waals surface area contributed by atoms with Crippen molar-refractivity contribution in [1.82, 2.24) is 14.1 Å². The second-order valence-electron chi connectivity index (χ2n) is 10.8. The number of halogens is 2. The zero-order valence-corrected chi connectivity index (χ0v) is 27.1. The molecule has 0 aromatic heterocycles. The molecule has 0 radical (unpaired) electrons. The Morgan fingerprint density at radius 3 is 2.25 bits per heavy atom. The summed E-state index contributed by atoms with van der Waals surface area (Å²) in [5.74, 6) is -0.669. The summed E-state index contributed by atoms with van der Waals surface area (Å²) in [4.78, 5) is 28.7. The minimum atomic E-state index is -3.65. The average molecular weight is 664 g/mol. The maximum absolute atomic E-state index is 13.2. The summed E-state index contributed by atoms with van der Waals surface area (Å²) < 4.78 is 33.4. The SMILES string of the molecule is CN(C[C@@H](CCN1CCC(N(CC(N)=O)C(=O)OCc2ccccc2)CC1)c1cccc(Cl)c1)S(=O)(=O)c1ccccc1.Cl. The Labute approximate surface area is 271 Å². The van der Waals surface area contributed by atoms with Gasteiger partial charge in [0.25, 0.3) is 0 Å². The van der Waals surface area contributed by atoms with Gasteiger partial charge in [-0.1, -0.05) is 72.3 Å². The van der Waals surface area contributed by atoms with E-state index in [1.807, 2.05) is 48.5 Å². The zero-order valence-electron chi connectivity index (χ0n) is 24.8. The maximum atomic E-state index is 13.2. The van der Waals surface area contributed by atoms with Crippen molar-refractivity contribution < 1.29 is 22.7 Å². The molecule has 3 aromatic rings. The van der Waals surface area contributed by atoms with Gasteiger partial charge in [0, 0.05) is 37.7 Å². The highest BCUT2D eigenvalue weighted by atomic mass is 35.5. The molecule has 1 atom stereocenters. The lowest BCUT2D eigenvalue weighted by Gasteiger charge is -2.38. The molecule has 0 bridgehead atoms. The number of nitrogens with two attached hydrogens (primary N) is 1. The van der Waals surface area contributed by atoms with Crippen LogP contribution in [0.2, 0.25) is 5.02 Å². The molecular weight excluding hydrogens is 623 g/mol. The first-order valence-corrected chi connectivity index (χ1v) is 16.2. The second-order valence-corrected chi connectivity index (χ2v) is 13.3. The molecule has 44 heavy (non-hydrogen) atoms. The predicted octanol–water partition coefficient (Wildman–Crippen LogP) is 5.14. The van der Waals surface area contributed by atoms with Gasteiger partial charge in [-0.25, -0.2) is 17.5 Å². The zero-order chi connectivity index (χ0) is 30.8. The first-order chi connectivity index (χ1) is 20.6. The summed E-state index contributed by atoms with van der Waals surface area (Å²) in [6.07, 6.45) is 1.49. The van der Waals surface area contributed by atoms with Crippen LogP contribution in [-0.4, -0.2) is 80.3 Å². The fourth-order valence-corrected chi connectivity index (χ4v) is 6.85. The largest absolute Gasteiger partial charge is 0.445 e. The van der Waals surface area contributed by atoms with E-state index in [-0.39, 0.29) is 42.4 Å². The molecule has 2 amide bonds. The first kappa shape index (κ1) is 35.3. The highest BCUT2D eigenvalue weighted by molar-refractivity contribution is 7.89. The van der Waals surface area contributed by atoms with Gasteiger partial charge in [-0.15, -0.1) is 12.4 Å². The third-order valence-corrected chi connectivity index (χ3v) is 9.88. The molecule has 1 saturated heterocycles. The highest BCUT2D eigenvalue weighted by Crippen LogP contribution is 2.27. The van der Waals surface area contributed by atoms with Crippen LogP contribution < -0.4 is 5.73 Å². The van der Waals surface area contributed by atoms with E-state index in [4.69, 9.17) is 22.1 Å². The molecule has 1 aliphatic rings. The standard InChI is InChI=1S/C32H39ClN4O5S.ClH/c1-35(43(40,41)30-13-6-3-7-14-30)22-27(26-11-8-12-28(33)21-26)15-18-36-19-16-29(17-20-36)37(23-31(34)38)32(39)42-24-25-9-4-2-5-10-25;/h2-14,21,27,29H,15-20,22-24H2,1H3,(H2,34,38);1H/t27-;/m1./s1. The van der Waals surface area contributed by atoms with Crippen molar-refractivity contribution in [2.75, 3.05) is 39.8 Å². The smallest absolute Gasteiger partial charge is 0.410 e. The summed E-state index contributed by atoms with van der Waals surface area (Å²) in [5, 5.41) is 0.602. The molecule has 238 valence electrons. The Kier molecular flexibility index (Phi) is 13.5. The number of carbonyl (C=O) groups excluding carboxylic acids is 2. The number of benzene rings is 3. The van der Waals surface area contributed by atoms with Gasteiger partial charge in [0.05, 0.1) is 4.90 Å². The normalized spacial score (nSPS) is 14.9. The van der Waals surface area contributed by atoms with E-state index in [1.54, 1.807) is 43.4 Å². The quantitative estimate of drug-likeness (QED) is 0.271. The number of likely N-dealkylation sites (N-methyl/N-ethyl adjacent to an activating group) is 1. The van der Waals surface area contributed by atoms with Crippen LogP contribution in [0.4, 0.5) is 4.79 Å². The minimum absolute atomic E-state index is 0. The van der Waals surface area contributed by atoms with E-state index in [0.29, 0.717) is 43.9 Å². The van der Waals surface area contributed by atoms with Crippen molar-refractivity contribution in [3.05, 3.63) is 101 Å². The molecule has 0 saturated carbocycles. The van der Waals surface area contributed by atoms with Gasteiger partial charge in [0.15, 0.2) is 0 Å². The lowest BCUT2D eigenvalue weighted by molar-refractivity contribution is -0.119. The van der Waals surface area contributed by atoms with E-state index in [2.05, 4.69) is 4.90 Å². The number of piperidine rings is 1. The fraction of sp³-hybridized carbons (Fsp3) is 0.375. The number of ether oxygens (including phenoxy) is 1. The van der Waals surface area contributed by atoms with E-state index in [1.165, 1.54) is 9.21 Å². The number of hydrogen-bond donors (Lipinski definition) is 1. The van der Waals surface area contributed by atoms with E-state index in [9.17, 15) is 18.0 Å². The predicted molar refractivity (Wildman–Crippen MR) is 174 cm³/mol. The third kappa shape index (κ3) is 9.93. The molecule has 0 spiro atoms. The van der Waals surface area contributed by atoms with Gasteiger partial charge in [-0.2, -0.15) is 0 Å². The second kappa shape index (κ2) is 16.8. The summed E-state index contributed by atoms with van der Waals surface area (Å²) in [6.45, 7) is 2.38. The number of amides is 2. The molecule has 4 rings (SSSR count). The van der Waals surface area contributed by atoms with E-state index < -0.39 is 22.0 Å². The molecule has 1 aliphatic heterocycles. The van der Waals surface area contributed by atoms with Crippen LogP contribution in [-0.2, 0) is 26.2 Å². The van der Waals surface area contributed by atoms with Gasteiger partial charge in [-0.3, -0.25) is 9.69 Å². The van der Waals surface area contributed by atoms with Crippen LogP contribution in [0.1, 0.15) is 36.3 Å². The van der Waals surface area contributed by atoms with Crippen LogP contribution in [0, 0.1) is 0 Å². The van der Waals surface area contributed by atoms with Gasteiger partial charge in [0.1, 0.15) is 13.2 Å². The summed E-state index contributed by atoms with van der Waals surface area (Å²) >= 11 is 6.31. The Balaban J connectivity index is 0.00000529. The summed E-state index contributed by atoms with van der Waals surface area (Å²) in [6, 6.07) is 25.2. The van der Waals surface area contributed by atoms with Crippen LogP contribution in [0.25, 0.3) is 0 Å². The molecule has 9 nitrogen and oxygen atoms in total. The van der Waals surface area contributed by atoms with Crippen LogP contribution >= 0.6 is 24.0 Å². The number of hydrogen-bond acceptors (Lipinski definition) is 6. The van der Waals surface area contributed by atoms with Crippen molar-refractivity contribution >= 4 is 46.0 Å². The number of sulfonamides is 1. The topological polar surface area (TPSA) is 113 Å². The van der Waals surface area contributed by atoms with Gasteiger partial charge >= 0.3 is 6.09 Å². The number of likely N-dealkylation sites (tertiary alicyclic amines) is 1. The Morgan fingerprint density at radius 2 is 1.64 bits per heavy atom. The first-order valence-electron chi connectivity index (χ1n) is 14.4. The molecule has 1 fully saturated rings.